The number of nitrogens with two attached hydrogens (primary N) is 1. The second-order valence-corrected chi connectivity index (χ2v) is 6.54. The van der Waals surface area contributed by atoms with Crippen LogP contribution in [0.2, 0.25) is 0 Å². The number of thiophene rings is 1. The van der Waals surface area contributed by atoms with Gasteiger partial charge in [-0.1, -0.05) is 30.3 Å². The van der Waals surface area contributed by atoms with Crippen LogP contribution in [0.25, 0.3) is 10.6 Å². The Morgan fingerprint density at radius 2 is 2.15 bits per heavy atom. The van der Waals surface area contributed by atoms with Crippen molar-refractivity contribution in [2.75, 3.05) is 0 Å². The van der Waals surface area contributed by atoms with E-state index in [2.05, 4.69) is 10.2 Å². The smallest absolute Gasteiger partial charge is 0.244 e. The third-order valence-corrected chi connectivity index (χ3v) is 5.09. The molecule has 1 aromatic carbocycles. The Kier molecular flexibility index (Phi) is 3.71. The number of ether oxygens (including phenoxy) is 1. The summed E-state index contributed by atoms with van der Waals surface area (Å²) in [6.07, 6.45) is 0. The number of aromatic nitrogens is 2. The predicted octanol–water partition coefficient (Wildman–Crippen LogP) is 1.72. The number of carbonyl (C=O) groups excluding carboxylic acids is 1. The van der Waals surface area contributed by atoms with Crippen LogP contribution in [0.1, 0.15) is 27.4 Å². The standard InChI is InChI=1S/C18H12N4O3S/c19-8-11-13(9-4-1-2-5-10(9)18(23)24)14-15(12-6-3-7-26-12)21-22-17(14)25-16(11)20/h1-7,13H,20H2,(H,21,22)(H,23,24)/p-1/t13-/m0/s1. The van der Waals surface area contributed by atoms with E-state index in [0.29, 0.717) is 16.8 Å². The van der Waals surface area contributed by atoms with Gasteiger partial charge < -0.3 is 20.4 Å². The number of nitrogens with zero attached hydrogens (tertiary/aromatic N) is 2. The van der Waals surface area contributed by atoms with Gasteiger partial charge in [0.15, 0.2) is 0 Å². The van der Waals surface area contributed by atoms with Gasteiger partial charge in [0.05, 0.1) is 28.0 Å². The van der Waals surface area contributed by atoms with Crippen molar-refractivity contribution < 1.29 is 14.6 Å². The highest BCUT2D eigenvalue weighted by Gasteiger charge is 2.36. The summed E-state index contributed by atoms with van der Waals surface area (Å²) in [5, 5.41) is 30.2. The van der Waals surface area contributed by atoms with Gasteiger partial charge >= 0.3 is 0 Å². The predicted molar refractivity (Wildman–Crippen MR) is 92.0 cm³/mol. The molecule has 1 atom stereocenters. The summed E-state index contributed by atoms with van der Waals surface area (Å²) in [7, 11) is 0. The SMILES string of the molecule is N#CC1=C(N)Oc2n[nH]c(-c3cccs3)c2[C@H]1c1ccccc1C(=O)[O-]. The number of H-pyrrole nitrogens is 1. The number of aromatic amines is 1. The fourth-order valence-electron chi connectivity index (χ4n) is 3.10. The molecule has 7 nitrogen and oxygen atoms in total. The molecular formula is C18H11N4O3S-. The van der Waals surface area contributed by atoms with Gasteiger partial charge in [-0.3, -0.25) is 5.10 Å². The zero-order valence-electron chi connectivity index (χ0n) is 13.2. The first kappa shape index (κ1) is 15.9. The minimum Gasteiger partial charge on any atom is -0.545 e. The number of aromatic carboxylic acids is 1. The molecule has 3 N–H and O–H groups in total. The molecule has 0 bridgehead atoms. The monoisotopic (exact) mass is 363 g/mol. The lowest BCUT2D eigenvalue weighted by Crippen LogP contribution is -2.27. The Balaban J connectivity index is 2.02. The van der Waals surface area contributed by atoms with Crippen LogP contribution in [-0.2, 0) is 0 Å². The summed E-state index contributed by atoms with van der Waals surface area (Å²) < 4.78 is 5.50. The second kappa shape index (κ2) is 6.06. The van der Waals surface area contributed by atoms with Crippen molar-refractivity contribution in [2.45, 2.75) is 5.92 Å². The van der Waals surface area contributed by atoms with Crippen molar-refractivity contribution in [2.24, 2.45) is 5.73 Å². The highest BCUT2D eigenvalue weighted by atomic mass is 32.1. The molecule has 1 aliphatic heterocycles. The molecule has 0 radical (unpaired) electrons. The molecule has 0 fully saturated rings. The molecule has 1 aliphatic rings. The first-order chi connectivity index (χ1) is 12.6. The highest BCUT2D eigenvalue weighted by Crippen LogP contribution is 2.46. The Bertz CT molecular complexity index is 1080. The molecule has 0 spiro atoms. The van der Waals surface area contributed by atoms with Crippen molar-refractivity contribution >= 4 is 17.3 Å². The van der Waals surface area contributed by atoms with Gasteiger partial charge in [-0.05, 0) is 17.0 Å². The molecule has 0 unspecified atom stereocenters. The molecule has 0 saturated heterocycles. The molecule has 26 heavy (non-hydrogen) atoms. The van der Waals surface area contributed by atoms with E-state index in [0.717, 1.165) is 4.88 Å². The lowest BCUT2D eigenvalue weighted by Gasteiger charge is -2.25. The highest BCUT2D eigenvalue weighted by molar-refractivity contribution is 7.13. The van der Waals surface area contributed by atoms with Crippen LogP contribution in [0.5, 0.6) is 5.88 Å². The first-order valence-electron chi connectivity index (χ1n) is 7.61. The molecule has 3 heterocycles. The van der Waals surface area contributed by atoms with E-state index in [4.69, 9.17) is 10.5 Å². The number of hydrogen-bond acceptors (Lipinski definition) is 7. The summed E-state index contributed by atoms with van der Waals surface area (Å²) in [4.78, 5) is 12.5. The molecule has 128 valence electrons. The van der Waals surface area contributed by atoms with Gasteiger partial charge in [-0.2, -0.15) is 5.26 Å². The normalized spacial score (nSPS) is 15.9. The molecule has 2 aromatic heterocycles. The average Bonchev–Trinajstić information content (AvgIpc) is 3.29. The maximum atomic E-state index is 11.6. The third kappa shape index (κ3) is 2.34. The zero-order valence-corrected chi connectivity index (χ0v) is 14.0. The first-order valence-corrected chi connectivity index (χ1v) is 8.49. The van der Waals surface area contributed by atoms with Crippen LogP contribution in [0.15, 0.2) is 53.2 Å². The van der Waals surface area contributed by atoms with Crippen LogP contribution in [0.3, 0.4) is 0 Å². The van der Waals surface area contributed by atoms with E-state index in [1.807, 2.05) is 23.6 Å². The van der Waals surface area contributed by atoms with Crippen molar-refractivity contribution in [3.05, 3.63) is 69.9 Å². The molecule has 4 rings (SSSR count). The van der Waals surface area contributed by atoms with E-state index < -0.39 is 11.9 Å². The molecule has 8 heteroatoms. The van der Waals surface area contributed by atoms with Gasteiger partial charge in [0.2, 0.25) is 11.8 Å². The van der Waals surface area contributed by atoms with Gasteiger partial charge in [0.1, 0.15) is 11.6 Å². The number of carboxylic acids is 1. The van der Waals surface area contributed by atoms with Crippen LogP contribution in [0.4, 0.5) is 0 Å². The molecule has 0 amide bonds. The minimum absolute atomic E-state index is 0.00997. The van der Waals surface area contributed by atoms with E-state index in [1.165, 1.54) is 17.4 Å². The number of benzene rings is 1. The molecule has 0 aliphatic carbocycles. The number of hydrogen-bond donors (Lipinski definition) is 2. The molecule has 0 saturated carbocycles. The number of rotatable bonds is 3. The third-order valence-electron chi connectivity index (χ3n) is 4.20. The quantitative estimate of drug-likeness (QED) is 0.729. The number of nitriles is 1. The number of nitrogens with one attached hydrogen (secondary N) is 1. The van der Waals surface area contributed by atoms with Crippen molar-refractivity contribution in [3.63, 3.8) is 0 Å². The fourth-order valence-corrected chi connectivity index (χ4v) is 3.83. The Hall–Kier alpha value is -3.57. The van der Waals surface area contributed by atoms with Crippen LogP contribution < -0.4 is 15.6 Å². The van der Waals surface area contributed by atoms with Crippen LogP contribution >= 0.6 is 11.3 Å². The van der Waals surface area contributed by atoms with Gasteiger partial charge in [0.25, 0.3) is 0 Å². The summed E-state index contributed by atoms with van der Waals surface area (Å²) in [5.74, 6) is -1.93. The summed E-state index contributed by atoms with van der Waals surface area (Å²) in [6, 6.07) is 12.2. The summed E-state index contributed by atoms with van der Waals surface area (Å²) in [6.45, 7) is 0. The van der Waals surface area contributed by atoms with Crippen LogP contribution in [-0.4, -0.2) is 16.2 Å². The Morgan fingerprint density at radius 3 is 2.85 bits per heavy atom. The Morgan fingerprint density at radius 1 is 1.35 bits per heavy atom. The number of carbonyl (C=O) groups is 1. The average molecular weight is 363 g/mol. The largest absolute Gasteiger partial charge is 0.545 e. The van der Waals surface area contributed by atoms with E-state index in [9.17, 15) is 15.2 Å². The van der Waals surface area contributed by atoms with Crippen molar-refractivity contribution in [1.82, 2.24) is 10.2 Å². The number of fused-ring (bicyclic) bond motifs is 1. The minimum atomic E-state index is -1.33. The van der Waals surface area contributed by atoms with Gasteiger partial charge in [-0.25, -0.2) is 0 Å². The lowest BCUT2D eigenvalue weighted by atomic mass is 9.81. The van der Waals surface area contributed by atoms with E-state index >= 15 is 0 Å². The number of allylic oxidation sites excluding steroid dienone is 1. The van der Waals surface area contributed by atoms with E-state index in [-0.39, 0.29) is 22.9 Å². The summed E-state index contributed by atoms with van der Waals surface area (Å²) >= 11 is 1.49. The topological polar surface area (TPSA) is 128 Å². The Labute approximate surface area is 152 Å². The van der Waals surface area contributed by atoms with Crippen molar-refractivity contribution in [1.29, 1.82) is 5.26 Å². The molecular weight excluding hydrogens is 352 g/mol. The zero-order chi connectivity index (χ0) is 18.3. The van der Waals surface area contributed by atoms with E-state index in [1.54, 1.807) is 18.2 Å². The second-order valence-electron chi connectivity index (χ2n) is 5.59. The van der Waals surface area contributed by atoms with Gasteiger partial charge in [-0.15, -0.1) is 16.4 Å². The van der Waals surface area contributed by atoms with Crippen molar-refractivity contribution in [3.8, 4) is 22.5 Å². The maximum Gasteiger partial charge on any atom is 0.244 e. The van der Waals surface area contributed by atoms with Crippen LogP contribution in [0, 0.1) is 11.3 Å². The maximum absolute atomic E-state index is 11.6. The summed E-state index contributed by atoms with van der Waals surface area (Å²) in [5.41, 5.74) is 7.66. The fraction of sp³-hybridized carbons (Fsp3) is 0.0556. The molecule has 3 aromatic rings. The number of carboxylic acid groups (broad SMARTS) is 1. The lowest BCUT2D eigenvalue weighted by molar-refractivity contribution is -0.255. The van der Waals surface area contributed by atoms with Gasteiger partial charge in [0, 0.05) is 5.56 Å².